The molecule has 1 amide bonds. The van der Waals surface area contributed by atoms with Crippen LogP contribution in [-0.4, -0.2) is 41.0 Å². The first-order valence-electron chi connectivity index (χ1n) is 11.2. The Morgan fingerprint density at radius 2 is 1.97 bits per heavy atom. The van der Waals surface area contributed by atoms with E-state index in [9.17, 15) is 22.4 Å². The van der Waals surface area contributed by atoms with Crippen molar-refractivity contribution in [3.8, 4) is 17.5 Å². The summed E-state index contributed by atoms with van der Waals surface area (Å²) in [6.45, 7) is 5.44. The third kappa shape index (κ3) is 6.69. The molecule has 38 heavy (non-hydrogen) atoms. The minimum Gasteiger partial charge on any atom is -0.461 e. The van der Waals surface area contributed by atoms with Crippen LogP contribution in [0, 0.1) is 12.7 Å². The number of anilines is 1. The molecular formula is C25H22ClF4N3O5. The lowest BCUT2D eigenvalue weighted by Gasteiger charge is -2.17. The number of aromatic nitrogens is 2. The Labute approximate surface area is 219 Å². The van der Waals surface area contributed by atoms with Crippen molar-refractivity contribution in [2.45, 2.75) is 38.8 Å². The van der Waals surface area contributed by atoms with Gasteiger partial charge in [-0.3, -0.25) is 4.79 Å². The van der Waals surface area contributed by atoms with Crippen molar-refractivity contribution in [2.24, 2.45) is 0 Å². The number of hydrogen-bond donors (Lipinski definition) is 1. The zero-order chi connectivity index (χ0) is 27.7. The molecule has 1 aromatic heterocycles. The van der Waals surface area contributed by atoms with Gasteiger partial charge in [-0.2, -0.15) is 18.2 Å². The molecule has 202 valence electrons. The zero-order valence-electron chi connectivity index (χ0n) is 20.4. The maximum atomic E-state index is 13.5. The molecule has 1 fully saturated rings. The molecule has 13 heteroatoms. The number of halogens is 5. The Bertz CT molecular complexity index is 1350. The third-order valence-corrected chi connectivity index (χ3v) is 5.63. The summed E-state index contributed by atoms with van der Waals surface area (Å²) in [7, 11) is 0. The van der Waals surface area contributed by atoms with E-state index in [1.54, 1.807) is 13.8 Å². The molecule has 0 bridgehead atoms. The highest BCUT2D eigenvalue weighted by molar-refractivity contribution is 6.32. The minimum absolute atomic E-state index is 0.00357. The number of carbonyl (C=O) groups is 1. The molecule has 8 nitrogen and oxygen atoms in total. The Hall–Kier alpha value is -3.48. The fraction of sp³-hybridized carbons (Fsp3) is 0.320. The van der Waals surface area contributed by atoms with Gasteiger partial charge in [0.1, 0.15) is 35.8 Å². The summed E-state index contributed by atoms with van der Waals surface area (Å²) in [4.78, 5) is 21.2. The topological polar surface area (TPSA) is 91.8 Å². The molecule has 1 aliphatic rings. The lowest BCUT2D eigenvalue weighted by atomic mass is 10.1. The first-order chi connectivity index (χ1) is 17.8. The molecule has 1 saturated heterocycles. The molecule has 1 N–H and O–H groups in total. The van der Waals surface area contributed by atoms with Gasteiger partial charge in [-0.15, -0.1) is 0 Å². The molecule has 4 rings (SSSR count). The number of hydrogen-bond acceptors (Lipinski definition) is 7. The fourth-order valence-corrected chi connectivity index (χ4v) is 3.83. The number of aryl methyl sites for hydroxylation is 1. The van der Waals surface area contributed by atoms with Gasteiger partial charge in [-0.25, -0.2) is 9.37 Å². The van der Waals surface area contributed by atoms with Crippen LogP contribution in [0.1, 0.15) is 35.3 Å². The lowest BCUT2D eigenvalue weighted by Crippen LogP contribution is -2.25. The van der Waals surface area contributed by atoms with Gasteiger partial charge < -0.3 is 24.3 Å². The maximum Gasteiger partial charge on any atom is 0.417 e. The van der Waals surface area contributed by atoms with Crippen LogP contribution in [0.25, 0.3) is 0 Å². The summed E-state index contributed by atoms with van der Waals surface area (Å²) in [6.07, 6.45) is -3.84. The molecule has 0 unspecified atom stereocenters. The van der Waals surface area contributed by atoms with Crippen LogP contribution >= 0.6 is 11.6 Å². The second kappa shape index (κ2) is 10.7. The summed E-state index contributed by atoms with van der Waals surface area (Å²) in [5.74, 6) is -2.55. The quantitative estimate of drug-likeness (QED) is 0.348. The molecule has 2 heterocycles. The number of carbonyl (C=O) groups excluding carboxylic acids is 1. The summed E-state index contributed by atoms with van der Waals surface area (Å²) in [5, 5.41) is 1.76. The number of benzene rings is 2. The van der Waals surface area contributed by atoms with Crippen LogP contribution in [0.15, 0.2) is 42.6 Å². The molecule has 1 atom stereocenters. The number of amides is 1. The van der Waals surface area contributed by atoms with Crippen molar-refractivity contribution in [3.05, 3.63) is 70.1 Å². The highest BCUT2D eigenvalue weighted by Crippen LogP contribution is 2.40. The SMILES string of the molecule is Cc1cc(F)ccc1Oc1cc(C(F)(F)F)c(Cl)cc1C(=O)Nc1ccnc(OC[C@H]2COC(C)(C)O2)n1. The monoisotopic (exact) mass is 555 g/mol. The van der Waals surface area contributed by atoms with Crippen LogP contribution in [0.3, 0.4) is 0 Å². The van der Waals surface area contributed by atoms with Gasteiger partial charge >= 0.3 is 12.2 Å². The van der Waals surface area contributed by atoms with E-state index in [1.807, 2.05) is 0 Å². The van der Waals surface area contributed by atoms with Crippen molar-refractivity contribution >= 4 is 23.3 Å². The van der Waals surface area contributed by atoms with E-state index in [1.165, 1.54) is 25.3 Å². The van der Waals surface area contributed by atoms with E-state index < -0.39 is 40.0 Å². The van der Waals surface area contributed by atoms with E-state index in [0.29, 0.717) is 18.2 Å². The summed E-state index contributed by atoms with van der Waals surface area (Å²) < 4.78 is 76.3. The number of rotatable bonds is 7. The first-order valence-corrected chi connectivity index (χ1v) is 11.6. The second-order valence-corrected chi connectivity index (χ2v) is 9.19. The Morgan fingerprint density at radius 3 is 2.63 bits per heavy atom. The first kappa shape index (κ1) is 27.6. The van der Waals surface area contributed by atoms with Crippen molar-refractivity contribution in [1.82, 2.24) is 9.97 Å². The largest absolute Gasteiger partial charge is 0.461 e. The second-order valence-electron chi connectivity index (χ2n) is 8.78. The molecular weight excluding hydrogens is 534 g/mol. The summed E-state index contributed by atoms with van der Waals surface area (Å²) >= 11 is 5.86. The Morgan fingerprint density at radius 1 is 1.21 bits per heavy atom. The van der Waals surface area contributed by atoms with Gasteiger partial charge in [0.25, 0.3) is 5.91 Å². The smallest absolute Gasteiger partial charge is 0.417 e. The minimum atomic E-state index is -4.82. The van der Waals surface area contributed by atoms with Gasteiger partial charge in [0.05, 0.1) is 22.8 Å². The fourth-order valence-electron chi connectivity index (χ4n) is 3.55. The van der Waals surface area contributed by atoms with Crippen LogP contribution in [0.4, 0.5) is 23.4 Å². The Balaban J connectivity index is 1.57. The van der Waals surface area contributed by atoms with Crippen LogP contribution in [-0.2, 0) is 15.7 Å². The van der Waals surface area contributed by atoms with E-state index in [0.717, 1.165) is 18.2 Å². The molecule has 0 aliphatic carbocycles. The van der Waals surface area contributed by atoms with Crippen molar-refractivity contribution < 1.29 is 41.3 Å². The molecule has 1 aliphatic heterocycles. The van der Waals surface area contributed by atoms with Gasteiger partial charge in [0, 0.05) is 6.20 Å². The van der Waals surface area contributed by atoms with Gasteiger partial charge in [0.15, 0.2) is 5.79 Å². The third-order valence-electron chi connectivity index (χ3n) is 5.32. The van der Waals surface area contributed by atoms with E-state index >= 15 is 0 Å². The number of ether oxygens (including phenoxy) is 4. The highest BCUT2D eigenvalue weighted by Gasteiger charge is 2.36. The Kier molecular flexibility index (Phi) is 7.77. The van der Waals surface area contributed by atoms with Crippen LogP contribution in [0.5, 0.6) is 17.5 Å². The van der Waals surface area contributed by atoms with E-state index in [-0.39, 0.29) is 35.9 Å². The van der Waals surface area contributed by atoms with Gasteiger partial charge in [-0.1, -0.05) is 11.6 Å². The molecule has 2 aromatic carbocycles. The summed E-state index contributed by atoms with van der Waals surface area (Å²) in [5.41, 5.74) is -1.21. The zero-order valence-corrected chi connectivity index (χ0v) is 21.1. The molecule has 0 radical (unpaired) electrons. The van der Waals surface area contributed by atoms with E-state index in [2.05, 4.69) is 15.3 Å². The van der Waals surface area contributed by atoms with Crippen molar-refractivity contribution in [2.75, 3.05) is 18.5 Å². The average molecular weight is 556 g/mol. The highest BCUT2D eigenvalue weighted by atomic mass is 35.5. The number of nitrogens with zero attached hydrogens (tertiary/aromatic N) is 2. The van der Waals surface area contributed by atoms with Crippen LogP contribution < -0.4 is 14.8 Å². The predicted molar refractivity (Wildman–Crippen MR) is 128 cm³/mol. The number of alkyl halides is 3. The number of nitrogens with one attached hydrogen (secondary N) is 1. The van der Waals surface area contributed by atoms with Crippen molar-refractivity contribution in [1.29, 1.82) is 0 Å². The predicted octanol–water partition coefficient (Wildman–Crippen LogP) is 6.17. The molecule has 0 saturated carbocycles. The van der Waals surface area contributed by atoms with Gasteiger partial charge in [0.2, 0.25) is 0 Å². The lowest BCUT2D eigenvalue weighted by molar-refractivity contribution is -0.141. The average Bonchev–Trinajstić information content (AvgIpc) is 3.18. The van der Waals surface area contributed by atoms with Crippen LogP contribution in [0.2, 0.25) is 5.02 Å². The van der Waals surface area contributed by atoms with Crippen molar-refractivity contribution in [3.63, 3.8) is 0 Å². The standard InChI is InChI=1S/C25H22ClF4N3O5/c1-13-8-14(27)4-5-19(13)37-20-10-17(25(28,29)30)18(26)9-16(20)22(34)32-21-6-7-31-23(33-21)35-11-15-12-36-24(2,3)38-15/h4-10,15H,11-12H2,1-3H3,(H,31,32,33,34)/t15-/m0/s1. The normalized spacial score (nSPS) is 16.8. The molecule has 3 aromatic rings. The van der Waals surface area contributed by atoms with Gasteiger partial charge in [-0.05, 0) is 62.7 Å². The maximum absolute atomic E-state index is 13.5. The molecule has 0 spiro atoms. The summed E-state index contributed by atoms with van der Waals surface area (Å²) in [6, 6.07) is 6.20. The van der Waals surface area contributed by atoms with E-state index in [4.69, 9.17) is 30.5 Å².